The first-order valence-corrected chi connectivity index (χ1v) is 5.78. The fourth-order valence-electron chi connectivity index (χ4n) is 1.77. The van der Waals surface area contributed by atoms with E-state index in [9.17, 15) is 0 Å². The van der Waals surface area contributed by atoms with E-state index in [-0.39, 0.29) is 0 Å². The van der Waals surface area contributed by atoms with Gasteiger partial charge in [-0.25, -0.2) is 0 Å². The average Bonchev–Trinajstić information content (AvgIpc) is 2.17. The Bertz CT molecular complexity index is 326. The van der Waals surface area contributed by atoms with Crippen molar-refractivity contribution in [3.8, 4) is 5.75 Å². The van der Waals surface area contributed by atoms with E-state index in [4.69, 9.17) is 4.74 Å². The summed E-state index contributed by atoms with van der Waals surface area (Å²) in [5.74, 6) is 1.85. The molecule has 15 heavy (non-hydrogen) atoms. The van der Waals surface area contributed by atoms with E-state index in [1.165, 1.54) is 16.7 Å². The summed E-state index contributed by atoms with van der Waals surface area (Å²) in [6, 6.07) is 4.30. The molecule has 0 fully saturated rings. The van der Waals surface area contributed by atoms with E-state index in [2.05, 4.69) is 43.9 Å². The van der Waals surface area contributed by atoms with Gasteiger partial charge >= 0.3 is 0 Å². The molecule has 3 heteroatoms. The van der Waals surface area contributed by atoms with E-state index in [1.807, 2.05) is 0 Å². The van der Waals surface area contributed by atoms with Crippen LogP contribution in [0.15, 0.2) is 12.1 Å². The number of hydrogen-bond donors (Lipinski definition) is 2. The number of ether oxygens (including phenoxy) is 1. The van der Waals surface area contributed by atoms with Gasteiger partial charge < -0.3 is 10.1 Å². The van der Waals surface area contributed by atoms with Gasteiger partial charge in [-0.2, -0.15) is 12.6 Å². The largest absolute Gasteiger partial charge is 0.496 e. The van der Waals surface area contributed by atoms with Gasteiger partial charge in [0.2, 0.25) is 0 Å². The molecule has 84 valence electrons. The van der Waals surface area contributed by atoms with Crippen LogP contribution in [0.2, 0.25) is 0 Å². The van der Waals surface area contributed by atoms with Crippen molar-refractivity contribution in [2.24, 2.45) is 0 Å². The zero-order valence-electron chi connectivity index (χ0n) is 9.63. The lowest BCUT2D eigenvalue weighted by atomic mass is 10.1. The summed E-state index contributed by atoms with van der Waals surface area (Å²) in [7, 11) is 1.72. The second-order valence-electron chi connectivity index (χ2n) is 3.67. The van der Waals surface area contributed by atoms with Gasteiger partial charge in [0.25, 0.3) is 0 Å². The van der Waals surface area contributed by atoms with E-state index < -0.39 is 0 Å². The molecule has 1 N–H and O–H groups in total. The maximum atomic E-state index is 5.40. The van der Waals surface area contributed by atoms with Gasteiger partial charge in [-0.15, -0.1) is 0 Å². The molecule has 1 aromatic carbocycles. The van der Waals surface area contributed by atoms with Crippen LogP contribution in [0.1, 0.15) is 16.7 Å². The van der Waals surface area contributed by atoms with Gasteiger partial charge in [0, 0.05) is 24.4 Å². The summed E-state index contributed by atoms with van der Waals surface area (Å²) in [5.41, 5.74) is 3.69. The highest BCUT2D eigenvalue weighted by atomic mass is 32.1. The second-order valence-corrected chi connectivity index (χ2v) is 4.12. The number of hydrogen-bond acceptors (Lipinski definition) is 3. The predicted molar refractivity (Wildman–Crippen MR) is 68.0 cm³/mol. The molecule has 0 spiro atoms. The van der Waals surface area contributed by atoms with Crippen LogP contribution >= 0.6 is 12.6 Å². The molecule has 0 saturated carbocycles. The Morgan fingerprint density at radius 1 is 1.33 bits per heavy atom. The van der Waals surface area contributed by atoms with Crippen molar-refractivity contribution in [3.05, 3.63) is 28.8 Å². The van der Waals surface area contributed by atoms with Crippen LogP contribution in [0.3, 0.4) is 0 Å². The lowest BCUT2D eigenvalue weighted by molar-refractivity contribution is 0.405. The van der Waals surface area contributed by atoms with Gasteiger partial charge in [0.1, 0.15) is 5.75 Å². The molecular formula is C12H19NOS. The number of aryl methyl sites for hydroxylation is 2. The van der Waals surface area contributed by atoms with Gasteiger partial charge in [-0.3, -0.25) is 0 Å². The fraction of sp³-hybridized carbons (Fsp3) is 0.500. The quantitative estimate of drug-likeness (QED) is 0.593. The first-order chi connectivity index (χ1) is 7.19. The molecule has 0 bridgehead atoms. The van der Waals surface area contributed by atoms with Crippen molar-refractivity contribution < 1.29 is 4.74 Å². The monoisotopic (exact) mass is 225 g/mol. The summed E-state index contributed by atoms with van der Waals surface area (Å²) >= 11 is 4.16. The predicted octanol–water partition coefficient (Wildman–Crippen LogP) is 2.33. The average molecular weight is 225 g/mol. The Morgan fingerprint density at radius 3 is 2.67 bits per heavy atom. The van der Waals surface area contributed by atoms with E-state index in [0.717, 1.165) is 24.6 Å². The van der Waals surface area contributed by atoms with Crippen LogP contribution in [-0.2, 0) is 6.54 Å². The van der Waals surface area contributed by atoms with Gasteiger partial charge in [-0.1, -0.05) is 17.7 Å². The number of thiol groups is 1. The molecular weight excluding hydrogens is 206 g/mol. The Morgan fingerprint density at radius 2 is 2.07 bits per heavy atom. The molecule has 0 aliphatic carbocycles. The second kappa shape index (κ2) is 6.03. The smallest absolute Gasteiger partial charge is 0.126 e. The van der Waals surface area contributed by atoms with Crippen molar-refractivity contribution in [1.29, 1.82) is 0 Å². The van der Waals surface area contributed by atoms with Crippen LogP contribution in [0.4, 0.5) is 0 Å². The van der Waals surface area contributed by atoms with E-state index >= 15 is 0 Å². The third-order valence-electron chi connectivity index (χ3n) is 2.30. The SMILES string of the molecule is COc1c(C)cc(C)cc1CNCCS. The maximum absolute atomic E-state index is 5.40. The number of nitrogens with one attached hydrogen (secondary N) is 1. The highest BCUT2D eigenvalue weighted by Gasteiger charge is 2.06. The molecule has 1 aromatic rings. The molecule has 0 aliphatic rings. The molecule has 0 aromatic heterocycles. The maximum Gasteiger partial charge on any atom is 0.126 e. The number of benzene rings is 1. The zero-order chi connectivity index (χ0) is 11.3. The minimum Gasteiger partial charge on any atom is -0.496 e. The van der Waals surface area contributed by atoms with Crippen molar-refractivity contribution in [3.63, 3.8) is 0 Å². The molecule has 0 radical (unpaired) electrons. The molecule has 0 saturated heterocycles. The summed E-state index contributed by atoms with van der Waals surface area (Å²) in [6.07, 6.45) is 0. The summed E-state index contributed by atoms with van der Waals surface area (Å²) in [4.78, 5) is 0. The zero-order valence-corrected chi connectivity index (χ0v) is 10.5. The minimum absolute atomic E-state index is 0.840. The molecule has 1 rings (SSSR count). The van der Waals surface area contributed by atoms with Crippen LogP contribution in [0, 0.1) is 13.8 Å². The molecule has 0 amide bonds. The molecule has 0 heterocycles. The van der Waals surface area contributed by atoms with Crippen molar-refractivity contribution in [2.45, 2.75) is 20.4 Å². The van der Waals surface area contributed by atoms with Gasteiger partial charge in [-0.05, 0) is 19.4 Å². The van der Waals surface area contributed by atoms with Crippen molar-refractivity contribution in [2.75, 3.05) is 19.4 Å². The Labute approximate surface area is 97.4 Å². The molecule has 0 atom stereocenters. The third kappa shape index (κ3) is 3.43. The van der Waals surface area contributed by atoms with Crippen LogP contribution in [0.25, 0.3) is 0 Å². The minimum atomic E-state index is 0.840. The van der Waals surface area contributed by atoms with Crippen molar-refractivity contribution in [1.82, 2.24) is 5.32 Å². The molecule has 0 unspecified atom stereocenters. The number of rotatable bonds is 5. The third-order valence-corrected chi connectivity index (χ3v) is 2.53. The van der Waals surface area contributed by atoms with Gasteiger partial charge in [0.15, 0.2) is 0 Å². The lowest BCUT2D eigenvalue weighted by Gasteiger charge is -2.13. The topological polar surface area (TPSA) is 21.3 Å². The summed E-state index contributed by atoms with van der Waals surface area (Å²) < 4.78 is 5.40. The summed E-state index contributed by atoms with van der Waals surface area (Å²) in [6.45, 7) is 5.94. The van der Waals surface area contributed by atoms with Crippen molar-refractivity contribution >= 4 is 12.6 Å². The van der Waals surface area contributed by atoms with E-state index in [1.54, 1.807) is 7.11 Å². The Hall–Kier alpha value is -0.670. The highest BCUT2D eigenvalue weighted by molar-refractivity contribution is 7.80. The lowest BCUT2D eigenvalue weighted by Crippen LogP contribution is -2.16. The Balaban J connectivity index is 2.84. The molecule has 2 nitrogen and oxygen atoms in total. The first kappa shape index (κ1) is 12.4. The van der Waals surface area contributed by atoms with Crippen LogP contribution in [0.5, 0.6) is 5.75 Å². The van der Waals surface area contributed by atoms with E-state index in [0.29, 0.717) is 0 Å². The molecule has 0 aliphatic heterocycles. The fourth-order valence-corrected chi connectivity index (χ4v) is 1.93. The highest BCUT2D eigenvalue weighted by Crippen LogP contribution is 2.24. The standard InChI is InChI=1S/C12H19NOS/c1-9-6-10(2)12(14-3)11(7-9)8-13-4-5-15/h6-7,13,15H,4-5,8H2,1-3H3. The van der Waals surface area contributed by atoms with Gasteiger partial charge in [0.05, 0.1) is 7.11 Å². The number of methoxy groups -OCH3 is 1. The summed E-state index contributed by atoms with van der Waals surface area (Å²) in [5, 5.41) is 3.32. The Kier molecular flexibility index (Phi) is 4.99. The first-order valence-electron chi connectivity index (χ1n) is 5.14. The normalized spacial score (nSPS) is 10.4. The van der Waals surface area contributed by atoms with Crippen LogP contribution in [-0.4, -0.2) is 19.4 Å². The van der Waals surface area contributed by atoms with Crippen LogP contribution < -0.4 is 10.1 Å².